The van der Waals surface area contributed by atoms with Crippen LogP contribution >= 0.6 is 23.2 Å². The van der Waals surface area contributed by atoms with Gasteiger partial charge in [0.1, 0.15) is 47.4 Å². The van der Waals surface area contributed by atoms with E-state index in [0.29, 0.717) is 39.0 Å². The monoisotopic (exact) mass is 939 g/mol. The molecule has 0 fully saturated rings. The first-order chi connectivity index (χ1) is 32.4. The summed E-state index contributed by atoms with van der Waals surface area (Å²) < 4.78 is 32.5. The van der Waals surface area contributed by atoms with Gasteiger partial charge in [-0.1, -0.05) is 128 Å². The number of para-hydroxylation sites is 1. The standard InChI is InChI=1S/C50H39Cl2N5O10/c1-23(2)36-46-56-38-42(67-46)50(29-15-9-14-27(40(29)66-48(50)61)28-20-32(58)39(59)37-34(28)35(43(51)54-37)41-44(52)57-47(38)65-41)30-18-26(16-17-33(30)63-21-24-10-5-3-6-11-24)19-31(45(60)55-36)53-49(62)64-22-25-12-7-4-8-13-25/h3-18,20,23,31,36,48,54,58-59,61H,19,21-22H2,1-2H3,(H,53,62)(H,55,60)/t31-,36-,48?,50?/m0/s1. The molecule has 6 N–H and O–H groups in total. The molecule has 8 aromatic rings. The second-order valence-corrected chi connectivity index (χ2v) is 17.7. The number of carbonyl (C=O) groups is 2. The normalized spacial score (nSPS) is 19.1. The number of phenolic OH excluding ortho intramolecular Hbond substituents is 2. The zero-order chi connectivity index (χ0) is 46.3. The number of aromatic hydroxyl groups is 2. The molecule has 338 valence electrons. The van der Waals surface area contributed by atoms with Crippen molar-refractivity contribution >= 4 is 46.1 Å². The number of halogens is 2. The number of alkyl carbamates (subject to hydrolysis) is 1. The van der Waals surface area contributed by atoms with Crippen LogP contribution in [0.25, 0.3) is 44.9 Å². The molecule has 2 unspecified atom stereocenters. The minimum Gasteiger partial charge on any atom is -0.504 e. The number of aliphatic hydroxyl groups is 1. The first kappa shape index (κ1) is 42.2. The molecule has 1 spiro atoms. The number of aromatic nitrogens is 3. The molecule has 0 aliphatic carbocycles. The third kappa shape index (κ3) is 6.83. The van der Waals surface area contributed by atoms with Gasteiger partial charge in [-0.2, -0.15) is 4.98 Å². The summed E-state index contributed by atoms with van der Waals surface area (Å²) in [6.07, 6.45) is -2.65. The van der Waals surface area contributed by atoms with Gasteiger partial charge < -0.3 is 54.0 Å². The van der Waals surface area contributed by atoms with Crippen LogP contribution in [0.4, 0.5) is 4.79 Å². The fourth-order valence-corrected chi connectivity index (χ4v) is 9.82. The van der Waals surface area contributed by atoms with Crippen molar-refractivity contribution in [2.24, 2.45) is 5.92 Å². The molecule has 17 heteroatoms. The van der Waals surface area contributed by atoms with Crippen LogP contribution in [0.5, 0.6) is 23.0 Å². The second-order valence-electron chi connectivity index (χ2n) is 17.0. The molecule has 3 aliphatic rings. The molecule has 67 heavy (non-hydrogen) atoms. The molecule has 11 rings (SSSR count). The van der Waals surface area contributed by atoms with E-state index in [-0.39, 0.29) is 81.7 Å². The van der Waals surface area contributed by atoms with Crippen molar-refractivity contribution in [3.8, 4) is 57.0 Å². The summed E-state index contributed by atoms with van der Waals surface area (Å²) in [5.74, 6) is -1.54. The molecule has 0 radical (unpaired) electrons. The molecule has 15 nitrogen and oxygen atoms in total. The van der Waals surface area contributed by atoms with E-state index in [1.165, 1.54) is 6.07 Å². The Morgan fingerprint density at radius 2 is 1.66 bits per heavy atom. The van der Waals surface area contributed by atoms with Gasteiger partial charge in [0.05, 0.1) is 11.1 Å². The number of benzene rings is 5. The van der Waals surface area contributed by atoms with Gasteiger partial charge in [0.2, 0.25) is 18.1 Å². The Kier molecular flexibility index (Phi) is 10.2. The number of H-pyrrole nitrogens is 1. The van der Waals surface area contributed by atoms with E-state index in [4.69, 9.17) is 51.2 Å². The zero-order valence-corrected chi connectivity index (χ0v) is 37.1. The maximum atomic E-state index is 14.6. The lowest BCUT2D eigenvalue weighted by molar-refractivity contribution is -0.124. The Hall–Kier alpha value is -7.46. The van der Waals surface area contributed by atoms with Gasteiger partial charge in [0.25, 0.3) is 5.89 Å². The molecule has 0 saturated carbocycles. The van der Waals surface area contributed by atoms with Crippen molar-refractivity contribution in [1.29, 1.82) is 0 Å². The Labute approximate surface area is 391 Å². The predicted octanol–water partition coefficient (Wildman–Crippen LogP) is 9.46. The molecular weight excluding hydrogens is 901 g/mol. The summed E-state index contributed by atoms with van der Waals surface area (Å²) in [7, 11) is 0. The number of hydrogen-bond donors (Lipinski definition) is 6. The Balaban J connectivity index is 1.19. The van der Waals surface area contributed by atoms with Crippen molar-refractivity contribution < 1.29 is 48.0 Å². The number of carbonyl (C=O) groups excluding carboxylic acids is 2. The van der Waals surface area contributed by atoms with E-state index in [2.05, 4.69) is 20.6 Å². The molecule has 5 aromatic carbocycles. The minimum absolute atomic E-state index is 0.000900. The predicted molar refractivity (Wildman–Crippen MR) is 245 cm³/mol. The molecule has 3 aromatic heterocycles. The van der Waals surface area contributed by atoms with Gasteiger partial charge >= 0.3 is 6.09 Å². The van der Waals surface area contributed by atoms with Crippen molar-refractivity contribution in [2.75, 3.05) is 0 Å². The largest absolute Gasteiger partial charge is 0.504 e. The summed E-state index contributed by atoms with van der Waals surface area (Å²) in [4.78, 5) is 40.7. The molecule has 3 aliphatic heterocycles. The zero-order valence-electron chi connectivity index (χ0n) is 35.6. The molecule has 2 amide bonds. The third-order valence-corrected chi connectivity index (χ3v) is 13.1. The summed E-state index contributed by atoms with van der Waals surface area (Å²) in [6, 6.07) is 28.5. The number of aliphatic hydroxyl groups excluding tert-OH is 1. The summed E-state index contributed by atoms with van der Waals surface area (Å²) in [6.45, 7) is 3.81. The fraction of sp³-hybridized carbons (Fsp3) is 0.200. The Morgan fingerprint density at radius 3 is 2.40 bits per heavy atom. The highest BCUT2D eigenvalue weighted by atomic mass is 35.5. The van der Waals surface area contributed by atoms with Crippen LogP contribution in [0, 0.1) is 5.92 Å². The van der Waals surface area contributed by atoms with Crippen molar-refractivity contribution in [2.45, 2.75) is 57.3 Å². The Morgan fingerprint density at radius 1 is 0.910 bits per heavy atom. The highest BCUT2D eigenvalue weighted by Crippen LogP contribution is 2.60. The molecular formula is C50H39Cl2N5O10. The fourth-order valence-electron chi connectivity index (χ4n) is 9.33. The van der Waals surface area contributed by atoms with E-state index in [1.54, 1.807) is 36.4 Å². The SMILES string of the molecule is CC(C)[C@@H]1NC(=O)[C@@H](NC(=O)OCc2ccccc2)Cc2ccc(OCc3ccccc3)c(c2)C23c4cccc(c4OC2O)-c2cc(O)c(O)c4[nH]c(Cl)c(c24)-c2oc(nc2Cl)-c2nc1oc23. The number of hydrogen-bond acceptors (Lipinski definition) is 12. The number of aromatic amines is 1. The average molecular weight is 941 g/mol. The van der Waals surface area contributed by atoms with Gasteiger partial charge in [-0.05, 0) is 40.3 Å². The third-order valence-electron chi connectivity index (χ3n) is 12.5. The molecule has 4 atom stereocenters. The van der Waals surface area contributed by atoms with Gasteiger partial charge in [-0.15, -0.1) is 0 Å². The highest BCUT2D eigenvalue weighted by molar-refractivity contribution is 6.38. The van der Waals surface area contributed by atoms with E-state index < -0.39 is 47.3 Å². The number of nitrogens with one attached hydrogen (secondary N) is 3. The molecule has 0 saturated heterocycles. The number of amides is 2. The number of rotatable bonds is 7. The molecule has 10 bridgehead atoms. The van der Waals surface area contributed by atoms with Crippen LogP contribution < -0.4 is 20.1 Å². The smallest absolute Gasteiger partial charge is 0.408 e. The number of ether oxygens (including phenoxy) is 3. The van der Waals surface area contributed by atoms with Crippen LogP contribution in [-0.2, 0) is 34.6 Å². The van der Waals surface area contributed by atoms with Crippen LogP contribution in [0.2, 0.25) is 10.3 Å². The van der Waals surface area contributed by atoms with E-state index in [0.717, 1.165) is 11.1 Å². The van der Waals surface area contributed by atoms with Gasteiger partial charge in [-0.25, -0.2) is 9.78 Å². The van der Waals surface area contributed by atoms with Crippen molar-refractivity contribution in [3.05, 3.63) is 153 Å². The second kappa shape index (κ2) is 16.2. The van der Waals surface area contributed by atoms with Crippen LogP contribution in [0.3, 0.4) is 0 Å². The minimum atomic E-state index is -1.87. The lowest BCUT2D eigenvalue weighted by atomic mass is 9.70. The van der Waals surface area contributed by atoms with Crippen LogP contribution in [0.15, 0.2) is 112 Å². The van der Waals surface area contributed by atoms with Crippen molar-refractivity contribution in [3.63, 3.8) is 0 Å². The quantitative estimate of drug-likeness (QED) is 0.0825. The summed E-state index contributed by atoms with van der Waals surface area (Å²) in [5, 5.41) is 41.4. The topological polar surface area (TPSA) is 214 Å². The van der Waals surface area contributed by atoms with Crippen molar-refractivity contribution in [1.82, 2.24) is 25.6 Å². The average Bonchev–Trinajstić information content (AvgIpc) is 4.09. The van der Waals surface area contributed by atoms with E-state index in [9.17, 15) is 24.9 Å². The van der Waals surface area contributed by atoms with E-state index >= 15 is 0 Å². The summed E-state index contributed by atoms with van der Waals surface area (Å²) >= 11 is 13.9. The lowest BCUT2D eigenvalue weighted by Gasteiger charge is -2.33. The summed E-state index contributed by atoms with van der Waals surface area (Å²) in [5.41, 5.74) is 1.99. The maximum Gasteiger partial charge on any atom is 0.408 e. The first-order valence-corrected chi connectivity index (χ1v) is 22.2. The number of fused-ring (bicyclic) bond motifs is 8. The Bertz CT molecular complexity index is 3280. The van der Waals surface area contributed by atoms with E-state index in [1.807, 2.05) is 74.5 Å². The highest BCUT2D eigenvalue weighted by Gasteiger charge is 2.59. The number of nitrogens with zero attached hydrogens (tertiary/aromatic N) is 2. The van der Waals surface area contributed by atoms with Crippen LogP contribution in [0.1, 0.15) is 59.4 Å². The van der Waals surface area contributed by atoms with Gasteiger partial charge in [-0.3, -0.25) is 4.79 Å². The number of oxazole rings is 2. The van der Waals surface area contributed by atoms with Gasteiger partial charge in [0, 0.05) is 28.5 Å². The number of phenols is 2. The molecule has 6 heterocycles. The maximum absolute atomic E-state index is 14.6. The first-order valence-electron chi connectivity index (χ1n) is 21.4. The van der Waals surface area contributed by atoms with Gasteiger partial charge in [0.15, 0.2) is 33.9 Å². The lowest BCUT2D eigenvalue weighted by Crippen LogP contribution is -2.49. The van der Waals surface area contributed by atoms with Crippen LogP contribution in [-0.4, -0.2) is 54.6 Å².